The molecule has 134 valence electrons. The second-order valence-corrected chi connectivity index (χ2v) is 6.51. The largest absolute Gasteiger partial charge is 0.345 e. The third kappa shape index (κ3) is 3.67. The number of amides is 1. The minimum atomic E-state index is -0.296. The smallest absolute Gasteiger partial charge is 0.287 e. The van der Waals surface area contributed by atoms with Crippen molar-refractivity contribution in [3.8, 4) is 11.3 Å². The van der Waals surface area contributed by atoms with Gasteiger partial charge < -0.3 is 9.88 Å². The van der Waals surface area contributed by atoms with Crippen molar-refractivity contribution in [3.63, 3.8) is 0 Å². The molecule has 2 aromatic carbocycles. The highest BCUT2D eigenvalue weighted by Crippen LogP contribution is 2.26. The van der Waals surface area contributed by atoms with Gasteiger partial charge in [-0.15, -0.1) is 0 Å². The summed E-state index contributed by atoms with van der Waals surface area (Å²) in [5.41, 5.74) is 3.40. The average Bonchev–Trinajstić information content (AvgIpc) is 2.99. The zero-order valence-electron chi connectivity index (χ0n) is 15.2. The van der Waals surface area contributed by atoms with E-state index in [1.54, 1.807) is 12.1 Å². The normalized spacial score (nSPS) is 11.0. The molecule has 1 aromatic heterocycles. The Kier molecular flexibility index (Phi) is 5.16. The molecule has 0 saturated heterocycles. The van der Waals surface area contributed by atoms with Crippen LogP contribution in [0, 0.1) is 12.7 Å². The average molecular weight is 351 g/mol. The van der Waals surface area contributed by atoms with E-state index in [2.05, 4.69) is 10.3 Å². The second-order valence-electron chi connectivity index (χ2n) is 6.51. The molecule has 1 amide bonds. The van der Waals surface area contributed by atoms with Crippen LogP contribution in [0.2, 0.25) is 0 Å². The first-order chi connectivity index (χ1) is 12.5. The number of hydrogen-bond donors (Lipinski definition) is 1. The molecule has 1 heterocycles. The zero-order valence-corrected chi connectivity index (χ0v) is 15.2. The predicted molar refractivity (Wildman–Crippen MR) is 100 cm³/mol. The fourth-order valence-electron chi connectivity index (χ4n) is 3.04. The van der Waals surface area contributed by atoms with Gasteiger partial charge in [0, 0.05) is 23.8 Å². The Morgan fingerprint density at radius 3 is 2.38 bits per heavy atom. The molecule has 0 radical (unpaired) electrons. The first kappa shape index (κ1) is 17.9. The fraction of sp³-hybridized carbons (Fsp3) is 0.238. The van der Waals surface area contributed by atoms with Crippen molar-refractivity contribution >= 4 is 5.91 Å². The van der Waals surface area contributed by atoms with Gasteiger partial charge in [-0.1, -0.05) is 30.3 Å². The first-order valence-corrected chi connectivity index (χ1v) is 8.64. The SMILES string of the molecule is Cc1c(-c2ccc(F)cc2)nc(C(=O)NCc2ccccc2)n1C(C)C. The van der Waals surface area contributed by atoms with E-state index in [0.717, 1.165) is 16.8 Å². The van der Waals surface area contributed by atoms with Crippen LogP contribution in [0.1, 0.15) is 41.8 Å². The van der Waals surface area contributed by atoms with Crippen LogP contribution >= 0.6 is 0 Å². The summed E-state index contributed by atoms with van der Waals surface area (Å²) >= 11 is 0. The number of carbonyl (C=O) groups is 1. The van der Waals surface area contributed by atoms with Crippen molar-refractivity contribution in [3.05, 3.63) is 77.5 Å². The van der Waals surface area contributed by atoms with E-state index in [0.29, 0.717) is 18.1 Å². The van der Waals surface area contributed by atoms with E-state index in [1.807, 2.05) is 55.7 Å². The van der Waals surface area contributed by atoms with Crippen molar-refractivity contribution in [2.45, 2.75) is 33.4 Å². The van der Waals surface area contributed by atoms with Gasteiger partial charge in [-0.05, 0) is 50.6 Å². The highest BCUT2D eigenvalue weighted by molar-refractivity contribution is 5.92. The number of aromatic nitrogens is 2. The Bertz CT molecular complexity index is 899. The lowest BCUT2D eigenvalue weighted by Crippen LogP contribution is -2.27. The van der Waals surface area contributed by atoms with E-state index in [-0.39, 0.29) is 17.8 Å². The van der Waals surface area contributed by atoms with Crippen molar-refractivity contribution in [1.82, 2.24) is 14.9 Å². The summed E-state index contributed by atoms with van der Waals surface area (Å²) in [4.78, 5) is 17.3. The molecule has 0 aliphatic rings. The highest BCUT2D eigenvalue weighted by Gasteiger charge is 2.22. The number of carbonyl (C=O) groups excluding carboxylic acids is 1. The Morgan fingerprint density at radius 1 is 1.12 bits per heavy atom. The van der Waals surface area contributed by atoms with Crippen LogP contribution in [0.3, 0.4) is 0 Å². The second kappa shape index (κ2) is 7.52. The molecule has 0 spiro atoms. The number of rotatable bonds is 5. The number of benzene rings is 2. The van der Waals surface area contributed by atoms with Gasteiger partial charge in [0.1, 0.15) is 5.82 Å². The van der Waals surface area contributed by atoms with Gasteiger partial charge in [-0.3, -0.25) is 4.79 Å². The van der Waals surface area contributed by atoms with Crippen LogP contribution in [0.15, 0.2) is 54.6 Å². The van der Waals surface area contributed by atoms with Crippen molar-refractivity contribution in [1.29, 1.82) is 0 Å². The summed E-state index contributed by atoms with van der Waals surface area (Å²) in [6.07, 6.45) is 0. The van der Waals surface area contributed by atoms with E-state index in [9.17, 15) is 9.18 Å². The number of hydrogen-bond acceptors (Lipinski definition) is 2. The van der Waals surface area contributed by atoms with Crippen LogP contribution in [-0.2, 0) is 6.54 Å². The summed E-state index contributed by atoms with van der Waals surface area (Å²) < 4.78 is 15.1. The Hall–Kier alpha value is -2.95. The topological polar surface area (TPSA) is 46.9 Å². The molecule has 26 heavy (non-hydrogen) atoms. The van der Waals surface area contributed by atoms with Crippen LogP contribution < -0.4 is 5.32 Å². The highest BCUT2D eigenvalue weighted by atomic mass is 19.1. The van der Waals surface area contributed by atoms with Crippen LogP contribution in [0.25, 0.3) is 11.3 Å². The zero-order chi connectivity index (χ0) is 18.7. The molecule has 0 atom stereocenters. The molecular formula is C21H22FN3O. The molecule has 0 aliphatic carbocycles. The van der Waals surface area contributed by atoms with Gasteiger partial charge in [-0.25, -0.2) is 9.37 Å². The van der Waals surface area contributed by atoms with Crippen LogP contribution in [0.4, 0.5) is 4.39 Å². The van der Waals surface area contributed by atoms with Gasteiger partial charge in [0.05, 0.1) is 5.69 Å². The lowest BCUT2D eigenvalue weighted by atomic mass is 10.1. The van der Waals surface area contributed by atoms with Gasteiger partial charge in [0.15, 0.2) is 5.82 Å². The maximum atomic E-state index is 13.2. The molecule has 0 fully saturated rings. The summed E-state index contributed by atoms with van der Waals surface area (Å²) in [7, 11) is 0. The Balaban J connectivity index is 1.91. The van der Waals surface area contributed by atoms with Gasteiger partial charge in [-0.2, -0.15) is 0 Å². The van der Waals surface area contributed by atoms with Crippen molar-refractivity contribution in [2.24, 2.45) is 0 Å². The lowest BCUT2D eigenvalue weighted by molar-refractivity contribution is 0.0934. The molecule has 3 rings (SSSR count). The lowest BCUT2D eigenvalue weighted by Gasteiger charge is -2.14. The molecule has 3 aromatic rings. The van der Waals surface area contributed by atoms with Gasteiger partial charge in [0.25, 0.3) is 5.91 Å². The predicted octanol–water partition coefficient (Wildman–Crippen LogP) is 4.51. The molecule has 0 bridgehead atoms. The van der Waals surface area contributed by atoms with E-state index >= 15 is 0 Å². The minimum absolute atomic E-state index is 0.0779. The summed E-state index contributed by atoms with van der Waals surface area (Å²) in [6.45, 7) is 6.39. The molecule has 5 heteroatoms. The van der Waals surface area contributed by atoms with E-state index in [4.69, 9.17) is 0 Å². The van der Waals surface area contributed by atoms with E-state index < -0.39 is 0 Å². The van der Waals surface area contributed by atoms with Gasteiger partial charge >= 0.3 is 0 Å². The third-order valence-electron chi connectivity index (χ3n) is 4.28. The summed E-state index contributed by atoms with van der Waals surface area (Å²) in [5.74, 6) is -0.151. The van der Waals surface area contributed by atoms with E-state index in [1.165, 1.54) is 12.1 Å². The van der Waals surface area contributed by atoms with Gasteiger partial charge in [0.2, 0.25) is 0 Å². The Labute approximate surface area is 152 Å². The maximum absolute atomic E-state index is 13.2. The fourth-order valence-corrected chi connectivity index (χ4v) is 3.04. The standard InChI is InChI=1S/C21H22FN3O/c1-14(2)25-15(3)19(17-9-11-18(22)12-10-17)24-20(25)21(26)23-13-16-7-5-4-6-8-16/h4-12,14H,13H2,1-3H3,(H,23,26). The molecule has 0 unspecified atom stereocenters. The minimum Gasteiger partial charge on any atom is -0.345 e. The molecule has 4 nitrogen and oxygen atoms in total. The maximum Gasteiger partial charge on any atom is 0.287 e. The molecule has 0 saturated carbocycles. The quantitative estimate of drug-likeness (QED) is 0.735. The number of halogens is 1. The molecule has 1 N–H and O–H groups in total. The summed E-state index contributed by atoms with van der Waals surface area (Å²) in [5, 5.41) is 2.93. The first-order valence-electron chi connectivity index (χ1n) is 8.64. The van der Waals surface area contributed by atoms with Crippen molar-refractivity contribution < 1.29 is 9.18 Å². The summed E-state index contributed by atoms with van der Waals surface area (Å²) in [6, 6.07) is 16.0. The number of nitrogens with one attached hydrogen (secondary N) is 1. The van der Waals surface area contributed by atoms with Crippen LogP contribution in [-0.4, -0.2) is 15.5 Å². The third-order valence-corrected chi connectivity index (χ3v) is 4.28. The molecular weight excluding hydrogens is 329 g/mol. The monoisotopic (exact) mass is 351 g/mol. The number of imidazole rings is 1. The Morgan fingerprint density at radius 2 is 1.77 bits per heavy atom. The van der Waals surface area contributed by atoms with Crippen LogP contribution in [0.5, 0.6) is 0 Å². The molecule has 0 aliphatic heterocycles. The van der Waals surface area contributed by atoms with Crippen molar-refractivity contribution in [2.75, 3.05) is 0 Å². The number of nitrogens with zero attached hydrogens (tertiary/aromatic N) is 2.